The lowest BCUT2D eigenvalue weighted by Gasteiger charge is -2.29. The Morgan fingerprint density at radius 3 is 2.42 bits per heavy atom. The smallest absolute Gasteiger partial charge is 0.255 e. The molecule has 3 fully saturated rings. The van der Waals surface area contributed by atoms with Gasteiger partial charge in [0.25, 0.3) is 5.91 Å². The molecule has 0 radical (unpaired) electrons. The average Bonchev–Trinajstić information content (AvgIpc) is 3.54. The van der Waals surface area contributed by atoms with Gasteiger partial charge in [-0.2, -0.15) is 5.10 Å². The van der Waals surface area contributed by atoms with E-state index in [4.69, 9.17) is 4.98 Å². The Labute approximate surface area is 154 Å². The first-order valence-electron chi connectivity index (χ1n) is 10.3. The Balaban J connectivity index is 1.61. The summed E-state index contributed by atoms with van der Waals surface area (Å²) in [6.07, 6.45) is 11.4. The molecule has 2 heterocycles. The van der Waals surface area contributed by atoms with Crippen LogP contribution in [0.3, 0.4) is 0 Å². The highest BCUT2D eigenvalue weighted by atomic mass is 16.2. The van der Waals surface area contributed by atoms with Crippen molar-refractivity contribution in [3.63, 3.8) is 0 Å². The van der Waals surface area contributed by atoms with Gasteiger partial charge in [-0.3, -0.25) is 4.79 Å². The molecule has 0 atom stereocenters. The lowest BCUT2D eigenvalue weighted by atomic mass is 10.1. The van der Waals surface area contributed by atoms with Gasteiger partial charge in [0, 0.05) is 29.7 Å². The summed E-state index contributed by atoms with van der Waals surface area (Å²) in [4.78, 5) is 20.8. The maximum atomic E-state index is 13.7. The summed E-state index contributed by atoms with van der Waals surface area (Å²) in [5, 5.41) is 5.49. The predicted octanol–water partition coefficient (Wildman–Crippen LogP) is 4.44. The molecule has 3 saturated carbocycles. The molecule has 5 heteroatoms. The zero-order valence-corrected chi connectivity index (χ0v) is 15.8. The van der Waals surface area contributed by atoms with Crippen molar-refractivity contribution >= 4 is 16.9 Å². The molecule has 0 spiro atoms. The second kappa shape index (κ2) is 6.07. The minimum atomic E-state index is 0.219. The topological polar surface area (TPSA) is 51.0 Å². The highest BCUT2D eigenvalue weighted by molar-refractivity contribution is 6.06. The van der Waals surface area contributed by atoms with E-state index in [1.165, 1.54) is 25.7 Å². The predicted molar refractivity (Wildman–Crippen MR) is 101 cm³/mol. The van der Waals surface area contributed by atoms with E-state index >= 15 is 0 Å². The van der Waals surface area contributed by atoms with Crippen LogP contribution in [0.2, 0.25) is 0 Å². The van der Waals surface area contributed by atoms with Crippen LogP contribution < -0.4 is 0 Å². The van der Waals surface area contributed by atoms with E-state index in [9.17, 15) is 4.79 Å². The normalized spacial score (nSPS) is 21.0. The number of hydrogen-bond donors (Lipinski definition) is 0. The second-order valence-electron chi connectivity index (χ2n) is 8.67. The monoisotopic (exact) mass is 352 g/mol. The largest absolute Gasteiger partial charge is 0.333 e. The van der Waals surface area contributed by atoms with Crippen molar-refractivity contribution in [2.75, 3.05) is 0 Å². The molecule has 0 N–H and O–H groups in total. The second-order valence-corrected chi connectivity index (χ2v) is 8.67. The van der Waals surface area contributed by atoms with E-state index in [2.05, 4.69) is 29.9 Å². The van der Waals surface area contributed by atoms with Crippen molar-refractivity contribution in [2.45, 2.75) is 89.3 Å². The third-order valence-corrected chi connectivity index (χ3v) is 6.19. The number of pyridine rings is 1. The van der Waals surface area contributed by atoms with E-state index in [-0.39, 0.29) is 11.9 Å². The first kappa shape index (κ1) is 16.3. The molecule has 5 nitrogen and oxygen atoms in total. The summed E-state index contributed by atoms with van der Waals surface area (Å²) in [7, 11) is 0. The molecule has 1 amide bonds. The lowest BCUT2D eigenvalue weighted by molar-refractivity contribution is 0.0666. The van der Waals surface area contributed by atoms with Gasteiger partial charge in [-0.1, -0.05) is 12.8 Å². The summed E-state index contributed by atoms with van der Waals surface area (Å²) in [5.74, 6) is 0.749. The summed E-state index contributed by atoms with van der Waals surface area (Å²) in [6, 6.07) is 3.21. The van der Waals surface area contributed by atoms with Gasteiger partial charge < -0.3 is 4.90 Å². The van der Waals surface area contributed by atoms with Crippen LogP contribution in [0.15, 0.2) is 12.3 Å². The van der Waals surface area contributed by atoms with Crippen LogP contribution in [0, 0.1) is 0 Å². The van der Waals surface area contributed by atoms with Crippen molar-refractivity contribution < 1.29 is 4.79 Å². The standard InChI is InChI=1S/C21H28N4O/c1-13(2)25-20-18(12-22-25)17(11-19(23-20)14-7-8-14)21(26)24(16-9-10-16)15-5-3-4-6-15/h11-16H,3-10H2,1-2H3. The minimum absolute atomic E-state index is 0.219. The molecule has 2 aromatic rings. The average molecular weight is 352 g/mol. The van der Waals surface area contributed by atoms with E-state index in [0.29, 0.717) is 18.0 Å². The van der Waals surface area contributed by atoms with Gasteiger partial charge in [0.2, 0.25) is 0 Å². The molecule has 0 bridgehead atoms. The molecule has 26 heavy (non-hydrogen) atoms. The van der Waals surface area contributed by atoms with Crippen molar-refractivity contribution in [3.05, 3.63) is 23.5 Å². The zero-order valence-electron chi connectivity index (χ0n) is 15.8. The van der Waals surface area contributed by atoms with Crippen LogP contribution in [-0.2, 0) is 0 Å². The Morgan fingerprint density at radius 1 is 1.12 bits per heavy atom. The van der Waals surface area contributed by atoms with Crippen LogP contribution in [0.4, 0.5) is 0 Å². The highest BCUT2D eigenvalue weighted by Gasteiger charge is 2.40. The number of carbonyl (C=O) groups excluding carboxylic acids is 1. The number of fused-ring (bicyclic) bond motifs is 1. The molecule has 3 aliphatic rings. The maximum Gasteiger partial charge on any atom is 0.255 e. The molecule has 138 valence electrons. The van der Waals surface area contributed by atoms with E-state index in [1.54, 1.807) is 0 Å². The van der Waals surface area contributed by atoms with E-state index < -0.39 is 0 Å². The first-order valence-corrected chi connectivity index (χ1v) is 10.3. The SMILES string of the molecule is CC(C)n1ncc2c(C(=O)N(C3CCCC3)C3CC3)cc(C3CC3)nc21. The summed E-state index contributed by atoms with van der Waals surface area (Å²) < 4.78 is 1.97. The quantitative estimate of drug-likeness (QED) is 0.799. The summed E-state index contributed by atoms with van der Waals surface area (Å²) >= 11 is 0. The van der Waals surface area contributed by atoms with Gasteiger partial charge in [-0.25, -0.2) is 9.67 Å². The van der Waals surface area contributed by atoms with Gasteiger partial charge in [0.15, 0.2) is 5.65 Å². The highest BCUT2D eigenvalue weighted by Crippen LogP contribution is 2.41. The van der Waals surface area contributed by atoms with Gasteiger partial charge in [0.1, 0.15) is 0 Å². The Bertz CT molecular complexity index is 841. The van der Waals surface area contributed by atoms with Crippen molar-refractivity contribution in [1.82, 2.24) is 19.7 Å². The molecular weight excluding hydrogens is 324 g/mol. The van der Waals surface area contributed by atoms with E-state index in [1.807, 2.05) is 10.9 Å². The number of hydrogen-bond acceptors (Lipinski definition) is 3. The molecule has 2 aromatic heterocycles. The first-order chi connectivity index (χ1) is 12.6. The number of amides is 1. The van der Waals surface area contributed by atoms with Crippen LogP contribution in [0.1, 0.15) is 93.2 Å². The fourth-order valence-electron chi connectivity index (χ4n) is 4.48. The summed E-state index contributed by atoms with van der Waals surface area (Å²) in [6.45, 7) is 4.24. The van der Waals surface area contributed by atoms with Crippen molar-refractivity contribution in [1.29, 1.82) is 0 Å². The van der Waals surface area contributed by atoms with Crippen LogP contribution in [0.25, 0.3) is 11.0 Å². The van der Waals surface area contributed by atoms with Gasteiger partial charge >= 0.3 is 0 Å². The minimum Gasteiger partial charge on any atom is -0.333 e. The fourth-order valence-corrected chi connectivity index (χ4v) is 4.48. The van der Waals surface area contributed by atoms with Crippen LogP contribution in [0.5, 0.6) is 0 Å². The molecule has 3 aliphatic carbocycles. The van der Waals surface area contributed by atoms with E-state index in [0.717, 1.165) is 48.0 Å². The molecule has 0 aromatic carbocycles. The Morgan fingerprint density at radius 2 is 1.81 bits per heavy atom. The fraction of sp³-hybridized carbons (Fsp3) is 0.667. The van der Waals surface area contributed by atoms with Crippen LogP contribution >= 0.6 is 0 Å². The summed E-state index contributed by atoms with van der Waals surface area (Å²) in [5.41, 5.74) is 2.81. The van der Waals surface area contributed by atoms with Gasteiger partial charge in [-0.15, -0.1) is 0 Å². The van der Waals surface area contributed by atoms with Crippen LogP contribution in [-0.4, -0.2) is 37.7 Å². The molecule has 0 aliphatic heterocycles. The van der Waals surface area contributed by atoms with Crippen molar-refractivity contribution in [2.24, 2.45) is 0 Å². The van der Waals surface area contributed by atoms with Crippen molar-refractivity contribution in [3.8, 4) is 0 Å². The molecular formula is C21H28N4O. The van der Waals surface area contributed by atoms with Gasteiger partial charge in [-0.05, 0) is 58.4 Å². The zero-order chi connectivity index (χ0) is 17.8. The Hall–Kier alpha value is -1.91. The number of nitrogens with zero attached hydrogens (tertiary/aromatic N) is 4. The molecule has 0 saturated heterocycles. The van der Waals surface area contributed by atoms with Gasteiger partial charge in [0.05, 0.1) is 17.1 Å². The number of rotatable bonds is 5. The lowest BCUT2D eigenvalue weighted by Crippen LogP contribution is -2.40. The maximum absolute atomic E-state index is 13.7. The molecule has 0 unspecified atom stereocenters. The third-order valence-electron chi connectivity index (χ3n) is 6.19. The number of aromatic nitrogens is 3. The Kier molecular flexibility index (Phi) is 3.80. The third kappa shape index (κ3) is 2.72. The number of carbonyl (C=O) groups is 1. The molecule has 5 rings (SSSR count).